The molecule has 0 unspecified atom stereocenters. The Morgan fingerprint density at radius 1 is 1.27 bits per heavy atom. The van der Waals surface area contributed by atoms with E-state index in [1.165, 1.54) is 10.4 Å². The lowest BCUT2D eigenvalue weighted by molar-refractivity contribution is 0.310. The number of aryl methyl sites for hydroxylation is 1. The molecule has 0 aliphatic carbocycles. The summed E-state index contributed by atoms with van der Waals surface area (Å²) in [5, 5.41) is 27.5. The van der Waals surface area contributed by atoms with Crippen LogP contribution in [0.3, 0.4) is 0 Å². The molecule has 0 amide bonds. The summed E-state index contributed by atoms with van der Waals surface area (Å²) in [5.41, 5.74) is 8.24. The van der Waals surface area contributed by atoms with Gasteiger partial charge in [-0.15, -0.1) is 21.5 Å². The van der Waals surface area contributed by atoms with E-state index in [2.05, 4.69) is 17.1 Å². The number of guanidine groups is 1. The van der Waals surface area contributed by atoms with Gasteiger partial charge in [0.15, 0.2) is 5.96 Å². The van der Waals surface area contributed by atoms with Gasteiger partial charge < -0.3 is 15.7 Å². The van der Waals surface area contributed by atoms with Crippen molar-refractivity contribution in [2.45, 2.75) is 25.7 Å². The van der Waals surface area contributed by atoms with Crippen molar-refractivity contribution < 1.29 is 5.11 Å². The Labute approximate surface area is 155 Å². The van der Waals surface area contributed by atoms with E-state index in [4.69, 9.17) is 11.1 Å². The fourth-order valence-electron chi connectivity index (χ4n) is 3.63. The van der Waals surface area contributed by atoms with Gasteiger partial charge in [0.1, 0.15) is 10.6 Å². The van der Waals surface area contributed by atoms with Gasteiger partial charge in [0, 0.05) is 28.9 Å². The molecule has 4 rings (SSSR count). The molecule has 0 bridgehead atoms. The topological polar surface area (TPSA) is 99.1 Å². The SMILES string of the molecule is Cc1c(C2CCN(C(=N)N)CC2)sc2nnc(-c3ccccc3O)cc12. The number of hydrogen-bond donors (Lipinski definition) is 3. The summed E-state index contributed by atoms with van der Waals surface area (Å²) in [5.74, 6) is 0.846. The third-order valence-corrected chi connectivity index (χ3v) is 6.48. The van der Waals surface area contributed by atoms with Gasteiger partial charge in [0.05, 0.1) is 5.69 Å². The Morgan fingerprint density at radius 3 is 2.69 bits per heavy atom. The minimum atomic E-state index is 0.162. The number of phenolic OH excluding ortho intramolecular Hbond substituents is 1. The fraction of sp³-hybridized carbons (Fsp3) is 0.316. The van der Waals surface area contributed by atoms with Gasteiger partial charge >= 0.3 is 0 Å². The number of nitrogens with one attached hydrogen (secondary N) is 1. The Bertz CT molecular complexity index is 975. The molecule has 1 aromatic carbocycles. The first kappa shape index (κ1) is 16.8. The number of fused-ring (bicyclic) bond motifs is 1. The second-order valence-corrected chi connectivity index (χ2v) is 7.73. The third-order valence-electron chi connectivity index (χ3n) is 5.13. The molecular formula is C19H21N5OS. The number of nitrogens with zero attached hydrogens (tertiary/aromatic N) is 3. The van der Waals surface area contributed by atoms with E-state index in [1.807, 2.05) is 23.1 Å². The quantitative estimate of drug-likeness (QED) is 0.476. The number of thiophene rings is 1. The normalized spacial score (nSPS) is 15.5. The highest BCUT2D eigenvalue weighted by atomic mass is 32.1. The molecule has 0 saturated carbocycles. The van der Waals surface area contributed by atoms with Gasteiger partial charge in [-0.05, 0) is 49.4 Å². The maximum absolute atomic E-state index is 10.1. The molecule has 26 heavy (non-hydrogen) atoms. The van der Waals surface area contributed by atoms with Gasteiger partial charge in [0.2, 0.25) is 0 Å². The number of phenols is 1. The molecule has 1 fully saturated rings. The van der Waals surface area contributed by atoms with Gasteiger partial charge in [-0.2, -0.15) is 0 Å². The van der Waals surface area contributed by atoms with Crippen molar-refractivity contribution in [3.05, 3.63) is 40.8 Å². The number of likely N-dealkylation sites (tertiary alicyclic amines) is 1. The lowest BCUT2D eigenvalue weighted by Crippen LogP contribution is -2.41. The van der Waals surface area contributed by atoms with Crippen LogP contribution in [0.5, 0.6) is 5.75 Å². The maximum Gasteiger partial charge on any atom is 0.188 e. The molecular weight excluding hydrogens is 346 g/mol. The molecule has 0 atom stereocenters. The van der Waals surface area contributed by atoms with Gasteiger partial charge in [-0.1, -0.05) is 12.1 Å². The van der Waals surface area contributed by atoms with Crippen LogP contribution in [0.15, 0.2) is 30.3 Å². The van der Waals surface area contributed by atoms with Crippen LogP contribution >= 0.6 is 11.3 Å². The Balaban J connectivity index is 1.68. The standard InChI is InChI=1S/C19H21N5OS/c1-11-14-10-15(13-4-2-3-5-16(13)25)22-23-18(14)26-17(11)12-6-8-24(9-7-12)19(20)21/h2-5,10,12,25H,6-9H2,1H3,(H3,20,21). The first-order valence-corrected chi connectivity index (χ1v) is 9.50. The Kier molecular flexibility index (Phi) is 4.24. The number of rotatable bonds is 2. The average Bonchev–Trinajstić information content (AvgIpc) is 2.98. The summed E-state index contributed by atoms with van der Waals surface area (Å²) >= 11 is 1.71. The van der Waals surface area contributed by atoms with Crippen LogP contribution in [-0.2, 0) is 0 Å². The van der Waals surface area contributed by atoms with Crippen LogP contribution in [0, 0.1) is 12.3 Å². The van der Waals surface area contributed by atoms with Gasteiger partial charge in [-0.25, -0.2) is 0 Å². The van der Waals surface area contributed by atoms with Crippen molar-refractivity contribution in [1.82, 2.24) is 15.1 Å². The average molecular weight is 367 g/mol. The zero-order chi connectivity index (χ0) is 18.3. The third kappa shape index (κ3) is 2.88. The lowest BCUT2D eigenvalue weighted by Gasteiger charge is -2.32. The monoisotopic (exact) mass is 367 g/mol. The van der Waals surface area contributed by atoms with Crippen LogP contribution in [0.25, 0.3) is 21.5 Å². The number of aromatic nitrogens is 2. The minimum absolute atomic E-state index is 0.162. The summed E-state index contributed by atoms with van der Waals surface area (Å²) < 4.78 is 0. The molecule has 1 aliphatic heterocycles. The van der Waals surface area contributed by atoms with E-state index in [0.29, 0.717) is 17.2 Å². The number of piperidine rings is 1. The van der Waals surface area contributed by atoms with Crippen molar-refractivity contribution in [2.75, 3.05) is 13.1 Å². The fourth-order valence-corrected chi connectivity index (χ4v) is 4.91. The molecule has 3 heterocycles. The van der Waals surface area contributed by atoms with E-state index < -0.39 is 0 Å². The summed E-state index contributed by atoms with van der Waals surface area (Å²) in [4.78, 5) is 4.22. The summed E-state index contributed by atoms with van der Waals surface area (Å²) in [6, 6.07) is 9.22. The van der Waals surface area contributed by atoms with Gasteiger partial charge in [0.25, 0.3) is 0 Å². The molecule has 7 heteroatoms. The molecule has 0 radical (unpaired) electrons. The first-order valence-electron chi connectivity index (χ1n) is 8.68. The molecule has 134 valence electrons. The largest absolute Gasteiger partial charge is 0.507 e. The molecule has 6 nitrogen and oxygen atoms in total. The molecule has 2 aromatic heterocycles. The highest BCUT2D eigenvalue weighted by Crippen LogP contribution is 2.40. The molecule has 1 aliphatic rings. The van der Waals surface area contributed by atoms with E-state index in [-0.39, 0.29) is 11.7 Å². The van der Waals surface area contributed by atoms with Crippen LogP contribution in [0.2, 0.25) is 0 Å². The smallest absolute Gasteiger partial charge is 0.188 e. The highest BCUT2D eigenvalue weighted by Gasteiger charge is 2.25. The van der Waals surface area contributed by atoms with Crippen LogP contribution in [-0.4, -0.2) is 39.3 Å². The number of benzene rings is 1. The van der Waals surface area contributed by atoms with E-state index >= 15 is 0 Å². The maximum atomic E-state index is 10.1. The number of aromatic hydroxyl groups is 1. The van der Waals surface area contributed by atoms with Crippen LogP contribution in [0.4, 0.5) is 0 Å². The van der Waals surface area contributed by atoms with E-state index in [0.717, 1.165) is 36.1 Å². The van der Waals surface area contributed by atoms with Gasteiger partial charge in [-0.3, -0.25) is 5.41 Å². The number of hydrogen-bond acceptors (Lipinski definition) is 5. The number of nitrogens with two attached hydrogens (primary N) is 1. The van der Waals surface area contributed by atoms with E-state index in [1.54, 1.807) is 23.5 Å². The molecule has 4 N–H and O–H groups in total. The highest BCUT2D eigenvalue weighted by molar-refractivity contribution is 7.18. The van der Waals surface area contributed by atoms with Crippen molar-refractivity contribution >= 4 is 27.5 Å². The predicted molar refractivity (Wildman–Crippen MR) is 105 cm³/mol. The number of para-hydroxylation sites is 1. The summed E-state index contributed by atoms with van der Waals surface area (Å²) in [7, 11) is 0. The van der Waals surface area contributed by atoms with Crippen molar-refractivity contribution in [3.63, 3.8) is 0 Å². The first-order chi connectivity index (χ1) is 12.5. The van der Waals surface area contributed by atoms with Crippen molar-refractivity contribution in [2.24, 2.45) is 5.73 Å². The molecule has 3 aromatic rings. The predicted octanol–water partition coefficient (Wildman–Crippen LogP) is 3.45. The minimum Gasteiger partial charge on any atom is -0.507 e. The zero-order valence-electron chi connectivity index (χ0n) is 14.6. The molecule has 1 saturated heterocycles. The second-order valence-electron chi connectivity index (χ2n) is 6.70. The van der Waals surface area contributed by atoms with Crippen LogP contribution < -0.4 is 5.73 Å². The summed E-state index contributed by atoms with van der Waals surface area (Å²) in [6.45, 7) is 3.78. The van der Waals surface area contributed by atoms with Crippen molar-refractivity contribution in [1.29, 1.82) is 5.41 Å². The summed E-state index contributed by atoms with van der Waals surface area (Å²) in [6.07, 6.45) is 1.99. The van der Waals surface area contributed by atoms with Crippen LogP contribution in [0.1, 0.15) is 29.2 Å². The Morgan fingerprint density at radius 2 is 2.00 bits per heavy atom. The van der Waals surface area contributed by atoms with E-state index in [9.17, 15) is 5.11 Å². The second kappa shape index (κ2) is 6.57. The Hall–Kier alpha value is -2.67. The lowest BCUT2D eigenvalue weighted by atomic mass is 9.92. The molecule has 0 spiro atoms. The van der Waals surface area contributed by atoms with Crippen molar-refractivity contribution in [3.8, 4) is 17.0 Å². The zero-order valence-corrected chi connectivity index (χ0v) is 15.4.